The first kappa shape index (κ1) is 12.9. The molecule has 7 heteroatoms. The van der Waals surface area contributed by atoms with Crippen molar-refractivity contribution in [2.45, 2.75) is 38.4 Å². The van der Waals surface area contributed by atoms with Gasteiger partial charge in [0.25, 0.3) is 0 Å². The van der Waals surface area contributed by atoms with Gasteiger partial charge in [0.05, 0.1) is 6.61 Å². The van der Waals surface area contributed by atoms with E-state index in [1.807, 2.05) is 0 Å². The fourth-order valence-corrected chi connectivity index (χ4v) is 1.42. The molecule has 1 heterocycles. The van der Waals surface area contributed by atoms with Crippen molar-refractivity contribution in [2.75, 3.05) is 6.61 Å². The third-order valence-corrected chi connectivity index (χ3v) is 2.05. The Kier molecular flexibility index (Phi) is 4.22. The molecule has 0 saturated carbocycles. The third-order valence-electron chi connectivity index (χ3n) is 2.05. The molecule has 7 nitrogen and oxygen atoms in total. The van der Waals surface area contributed by atoms with E-state index >= 15 is 0 Å². The molecule has 0 spiro atoms. The lowest BCUT2D eigenvalue weighted by molar-refractivity contribution is -0.261. The van der Waals surface area contributed by atoms with Crippen molar-refractivity contribution < 1.29 is 34.0 Å². The lowest BCUT2D eigenvalue weighted by Gasteiger charge is -2.36. The van der Waals surface area contributed by atoms with E-state index in [0.717, 1.165) is 6.92 Å². The maximum Gasteiger partial charge on any atom is 0.303 e. The SMILES string of the molecule is CC(=O)O[C@@H]1[C@@H](O)[C@@H](O)OC[C@H]1OC(C)=O. The number of hydrogen-bond donors (Lipinski definition) is 2. The summed E-state index contributed by atoms with van der Waals surface area (Å²) in [5.74, 6) is -1.23. The summed E-state index contributed by atoms with van der Waals surface area (Å²) in [6.45, 7) is 2.19. The van der Waals surface area contributed by atoms with Gasteiger partial charge in [-0.05, 0) is 0 Å². The zero-order chi connectivity index (χ0) is 12.3. The minimum absolute atomic E-state index is 0.143. The van der Waals surface area contributed by atoms with E-state index < -0.39 is 36.5 Å². The van der Waals surface area contributed by atoms with E-state index in [4.69, 9.17) is 14.2 Å². The van der Waals surface area contributed by atoms with Crippen LogP contribution < -0.4 is 0 Å². The monoisotopic (exact) mass is 234 g/mol. The predicted molar refractivity (Wildman–Crippen MR) is 49.1 cm³/mol. The highest BCUT2D eigenvalue weighted by Crippen LogP contribution is 2.19. The second kappa shape index (κ2) is 5.24. The molecule has 0 amide bonds. The highest BCUT2D eigenvalue weighted by atomic mass is 16.7. The lowest BCUT2D eigenvalue weighted by Crippen LogP contribution is -2.55. The molecule has 0 aromatic rings. The zero-order valence-electron chi connectivity index (χ0n) is 8.95. The third kappa shape index (κ3) is 3.16. The maximum atomic E-state index is 10.8. The Balaban J connectivity index is 2.72. The van der Waals surface area contributed by atoms with E-state index in [1.54, 1.807) is 0 Å². The van der Waals surface area contributed by atoms with Gasteiger partial charge in [-0.2, -0.15) is 0 Å². The summed E-state index contributed by atoms with van der Waals surface area (Å²) in [6, 6.07) is 0. The molecule has 2 N–H and O–H groups in total. The Morgan fingerprint density at radius 3 is 2.25 bits per heavy atom. The number of esters is 2. The normalized spacial score (nSPS) is 34.2. The quantitative estimate of drug-likeness (QED) is 0.564. The van der Waals surface area contributed by atoms with Crippen LogP contribution >= 0.6 is 0 Å². The smallest absolute Gasteiger partial charge is 0.303 e. The number of hydrogen-bond acceptors (Lipinski definition) is 7. The Labute approximate surface area is 91.9 Å². The van der Waals surface area contributed by atoms with Crippen LogP contribution in [0.15, 0.2) is 0 Å². The van der Waals surface area contributed by atoms with E-state index in [9.17, 15) is 19.8 Å². The van der Waals surface area contributed by atoms with Crippen molar-refractivity contribution in [1.29, 1.82) is 0 Å². The number of carbonyl (C=O) groups is 2. The lowest BCUT2D eigenvalue weighted by atomic mass is 10.1. The van der Waals surface area contributed by atoms with Crippen molar-refractivity contribution >= 4 is 11.9 Å². The van der Waals surface area contributed by atoms with E-state index in [2.05, 4.69) is 0 Å². The summed E-state index contributed by atoms with van der Waals surface area (Å²) in [7, 11) is 0. The summed E-state index contributed by atoms with van der Waals surface area (Å²) in [5.41, 5.74) is 0. The Morgan fingerprint density at radius 2 is 1.75 bits per heavy atom. The maximum absolute atomic E-state index is 10.8. The Morgan fingerprint density at radius 1 is 1.19 bits per heavy atom. The molecule has 1 aliphatic rings. The van der Waals surface area contributed by atoms with Crippen molar-refractivity contribution in [3.63, 3.8) is 0 Å². The van der Waals surface area contributed by atoms with Gasteiger partial charge in [0, 0.05) is 13.8 Å². The summed E-state index contributed by atoms with van der Waals surface area (Å²) in [5, 5.41) is 18.7. The van der Waals surface area contributed by atoms with E-state index in [1.165, 1.54) is 6.92 Å². The number of carbonyl (C=O) groups excluding carboxylic acids is 2. The molecule has 0 radical (unpaired) electrons. The highest BCUT2D eigenvalue weighted by Gasteiger charge is 2.42. The predicted octanol–water partition coefficient (Wildman–Crippen LogP) is -1.44. The van der Waals surface area contributed by atoms with Crippen LogP contribution in [0, 0.1) is 0 Å². The Bertz CT molecular complexity index is 277. The first-order valence-corrected chi connectivity index (χ1v) is 4.74. The molecule has 1 saturated heterocycles. The van der Waals surface area contributed by atoms with Gasteiger partial charge in [0.2, 0.25) is 0 Å². The molecule has 0 unspecified atom stereocenters. The van der Waals surface area contributed by atoms with Crippen molar-refractivity contribution in [1.82, 2.24) is 0 Å². The van der Waals surface area contributed by atoms with Crippen molar-refractivity contribution in [3.8, 4) is 0 Å². The number of rotatable bonds is 2. The van der Waals surface area contributed by atoms with Crippen LogP contribution in [-0.2, 0) is 23.8 Å². The summed E-state index contributed by atoms with van der Waals surface area (Å²) >= 11 is 0. The molecule has 1 aliphatic heterocycles. The fourth-order valence-electron chi connectivity index (χ4n) is 1.42. The molecule has 1 rings (SSSR count). The highest BCUT2D eigenvalue weighted by molar-refractivity contribution is 5.67. The van der Waals surface area contributed by atoms with E-state index in [0.29, 0.717) is 0 Å². The second-order valence-electron chi connectivity index (χ2n) is 3.44. The van der Waals surface area contributed by atoms with E-state index in [-0.39, 0.29) is 6.61 Å². The first-order valence-electron chi connectivity index (χ1n) is 4.74. The van der Waals surface area contributed by atoms with Gasteiger partial charge < -0.3 is 24.4 Å². The summed E-state index contributed by atoms with van der Waals surface area (Å²) in [4.78, 5) is 21.6. The van der Waals surface area contributed by atoms with Crippen LogP contribution in [0.5, 0.6) is 0 Å². The Hall–Kier alpha value is -1.18. The van der Waals surface area contributed by atoms with Gasteiger partial charge in [-0.3, -0.25) is 9.59 Å². The molecule has 92 valence electrons. The molecule has 4 atom stereocenters. The zero-order valence-corrected chi connectivity index (χ0v) is 8.95. The molecule has 1 fully saturated rings. The van der Waals surface area contributed by atoms with Crippen LogP contribution in [0.25, 0.3) is 0 Å². The number of ether oxygens (including phenoxy) is 3. The molecule has 0 aromatic heterocycles. The van der Waals surface area contributed by atoms with Crippen molar-refractivity contribution in [3.05, 3.63) is 0 Å². The van der Waals surface area contributed by atoms with Crippen LogP contribution in [0.4, 0.5) is 0 Å². The summed E-state index contributed by atoms with van der Waals surface area (Å²) < 4.78 is 14.3. The van der Waals surface area contributed by atoms with Gasteiger partial charge in [-0.15, -0.1) is 0 Å². The topological polar surface area (TPSA) is 102 Å². The molecule has 0 aromatic carbocycles. The molecule has 16 heavy (non-hydrogen) atoms. The van der Waals surface area contributed by atoms with Gasteiger partial charge in [0.1, 0.15) is 6.10 Å². The van der Waals surface area contributed by atoms with Gasteiger partial charge in [0.15, 0.2) is 18.5 Å². The van der Waals surface area contributed by atoms with Gasteiger partial charge in [-0.1, -0.05) is 0 Å². The summed E-state index contributed by atoms with van der Waals surface area (Å²) in [6.07, 6.45) is -4.94. The largest absolute Gasteiger partial charge is 0.456 e. The van der Waals surface area contributed by atoms with Gasteiger partial charge >= 0.3 is 11.9 Å². The van der Waals surface area contributed by atoms with Crippen LogP contribution in [-0.4, -0.2) is 53.4 Å². The molecular weight excluding hydrogens is 220 g/mol. The average Bonchev–Trinajstić information content (AvgIpc) is 2.16. The van der Waals surface area contributed by atoms with Crippen LogP contribution in [0.3, 0.4) is 0 Å². The molecule has 0 aliphatic carbocycles. The van der Waals surface area contributed by atoms with Crippen molar-refractivity contribution in [2.24, 2.45) is 0 Å². The minimum Gasteiger partial charge on any atom is -0.456 e. The molecule has 0 bridgehead atoms. The minimum atomic E-state index is -1.46. The number of aliphatic hydroxyl groups excluding tert-OH is 2. The van der Waals surface area contributed by atoms with Gasteiger partial charge in [-0.25, -0.2) is 0 Å². The first-order chi connectivity index (χ1) is 7.41. The molecular formula is C9H14O7. The van der Waals surface area contributed by atoms with Crippen LogP contribution in [0.1, 0.15) is 13.8 Å². The van der Waals surface area contributed by atoms with Crippen LogP contribution in [0.2, 0.25) is 0 Å². The number of aliphatic hydroxyl groups is 2. The fraction of sp³-hybridized carbons (Fsp3) is 0.778. The average molecular weight is 234 g/mol. The second-order valence-corrected chi connectivity index (χ2v) is 3.44. The standard InChI is InChI=1S/C9H14O7/c1-4(10)15-6-3-14-9(13)7(12)8(6)16-5(2)11/h6-9,12-13H,3H2,1-2H3/t6-,7-,8+,9+/m1/s1.